The van der Waals surface area contributed by atoms with Gasteiger partial charge in [-0.3, -0.25) is 4.90 Å². The predicted molar refractivity (Wildman–Crippen MR) is 65.9 cm³/mol. The zero-order valence-corrected chi connectivity index (χ0v) is 10.3. The second kappa shape index (κ2) is 5.00. The Bertz CT molecular complexity index is 461. The van der Waals surface area contributed by atoms with Crippen LogP contribution >= 0.6 is 11.3 Å². The second-order valence-corrected chi connectivity index (χ2v) is 4.87. The molecule has 1 saturated heterocycles. The number of nitrogens with zero attached hydrogens (tertiary/aromatic N) is 2. The van der Waals surface area contributed by atoms with Gasteiger partial charge in [0.1, 0.15) is 0 Å². The van der Waals surface area contributed by atoms with E-state index in [1.807, 2.05) is 12.1 Å². The van der Waals surface area contributed by atoms with Crippen LogP contribution in [0.1, 0.15) is 5.69 Å². The maximum absolute atomic E-state index is 5.34. The van der Waals surface area contributed by atoms with Crippen LogP contribution in [0.4, 0.5) is 0 Å². The average Bonchev–Trinajstić information content (AvgIpc) is 3.00. The van der Waals surface area contributed by atoms with Crippen molar-refractivity contribution in [2.75, 3.05) is 26.3 Å². The van der Waals surface area contributed by atoms with E-state index in [9.17, 15) is 0 Å². The van der Waals surface area contributed by atoms with Crippen molar-refractivity contribution in [2.45, 2.75) is 6.54 Å². The van der Waals surface area contributed by atoms with Crippen LogP contribution in [-0.4, -0.2) is 36.2 Å². The van der Waals surface area contributed by atoms with Crippen LogP contribution in [0, 0.1) is 0 Å². The average molecular weight is 250 g/mol. The van der Waals surface area contributed by atoms with Gasteiger partial charge < -0.3 is 9.15 Å². The summed E-state index contributed by atoms with van der Waals surface area (Å²) in [5.74, 6) is 0.850. The minimum atomic E-state index is 0.829. The summed E-state index contributed by atoms with van der Waals surface area (Å²) < 4.78 is 10.7. The van der Waals surface area contributed by atoms with Crippen LogP contribution in [0.25, 0.3) is 10.8 Å². The fraction of sp³-hybridized carbons (Fsp3) is 0.417. The van der Waals surface area contributed by atoms with Crippen LogP contribution < -0.4 is 0 Å². The third-order valence-corrected chi connectivity index (χ3v) is 3.68. The molecule has 0 saturated carbocycles. The Morgan fingerprint density at radius 1 is 1.35 bits per heavy atom. The number of morpholine rings is 1. The van der Waals surface area contributed by atoms with Crippen molar-refractivity contribution in [3.05, 3.63) is 29.5 Å². The van der Waals surface area contributed by atoms with Gasteiger partial charge in [-0.1, -0.05) is 0 Å². The van der Waals surface area contributed by atoms with E-state index in [-0.39, 0.29) is 0 Å². The van der Waals surface area contributed by atoms with Crippen molar-refractivity contribution in [1.29, 1.82) is 0 Å². The molecule has 2 aromatic heterocycles. The lowest BCUT2D eigenvalue weighted by atomic mass is 10.3. The van der Waals surface area contributed by atoms with E-state index in [0.29, 0.717) is 0 Å². The fourth-order valence-electron chi connectivity index (χ4n) is 1.88. The van der Waals surface area contributed by atoms with Crippen molar-refractivity contribution in [3.63, 3.8) is 0 Å². The minimum absolute atomic E-state index is 0.829. The van der Waals surface area contributed by atoms with Gasteiger partial charge in [-0.25, -0.2) is 4.98 Å². The molecule has 0 aromatic carbocycles. The number of aromatic nitrogens is 1. The largest absolute Gasteiger partial charge is 0.462 e. The first-order chi connectivity index (χ1) is 8.42. The molecular weight excluding hydrogens is 236 g/mol. The van der Waals surface area contributed by atoms with Gasteiger partial charge in [-0.15, -0.1) is 11.3 Å². The highest BCUT2D eigenvalue weighted by Crippen LogP contribution is 2.24. The van der Waals surface area contributed by atoms with Gasteiger partial charge in [0.25, 0.3) is 0 Å². The van der Waals surface area contributed by atoms with E-state index >= 15 is 0 Å². The molecule has 0 amide bonds. The Morgan fingerprint density at radius 3 is 3.00 bits per heavy atom. The van der Waals surface area contributed by atoms with Crippen LogP contribution in [-0.2, 0) is 11.3 Å². The summed E-state index contributed by atoms with van der Waals surface area (Å²) in [7, 11) is 0. The van der Waals surface area contributed by atoms with Gasteiger partial charge in [-0.05, 0) is 12.1 Å². The zero-order valence-electron chi connectivity index (χ0n) is 9.46. The Balaban J connectivity index is 1.68. The molecule has 0 atom stereocenters. The summed E-state index contributed by atoms with van der Waals surface area (Å²) in [6, 6.07) is 3.83. The van der Waals surface area contributed by atoms with Crippen molar-refractivity contribution in [1.82, 2.24) is 9.88 Å². The second-order valence-electron chi connectivity index (χ2n) is 4.01. The molecule has 0 aliphatic carbocycles. The standard InChI is InChI=1S/C12H14N2O2S/c1-2-11(16-5-1)12-13-10(9-17-12)8-14-3-6-15-7-4-14/h1-2,5,9H,3-4,6-8H2. The summed E-state index contributed by atoms with van der Waals surface area (Å²) in [5.41, 5.74) is 1.11. The van der Waals surface area contributed by atoms with Gasteiger partial charge in [0.2, 0.25) is 0 Å². The van der Waals surface area contributed by atoms with E-state index in [2.05, 4.69) is 15.3 Å². The molecule has 5 heteroatoms. The van der Waals surface area contributed by atoms with Crippen molar-refractivity contribution in [2.24, 2.45) is 0 Å². The summed E-state index contributed by atoms with van der Waals surface area (Å²) >= 11 is 1.63. The van der Waals surface area contributed by atoms with Crippen molar-refractivity contribution >= 4 is 11.3 Å². The fourth-order valence-corrected chi connectivity index (χ4v) is 2.66. The molecule has 3 rings (SSSR count). The lowest BCUT2D eigenvalue weighted by Crippen LogP contribution is -2.35. The van der Waals surface area contributed by atoms with E-state index < -0.39 is 0 Å². The van der Waals surface area contributed by atoms with E-state index in [0.717, 1.165) is 49.3 Å². The van der Waals surface area contributed by atoms with Crippen LogP contribution in [0.3, 0.4) is 0 Å². The van der Waals surface area contributed by atoms with Gasteiger partial charge in [0.15, 0.2) is 10.8 Å². The van der Waals surface area contributed by atoms with Gasteiger partial charge >= 0.3 is 0 Å². The Morgan fingerprint density at radius 2 is 2.24 bits per heavy atom. The molecule has 0 unspecified atom stereocenters. The smallest absolute Gasteiger partial charge is 0.162 e. The number of hydrogen-bond donors (Lipinski definition) is 0. The van der Waals surface area contributed by atoms with E-state index in [1.165, 1.54) is 0 Å². The van der Waals surface area contributed by atoms with Crippen LogP contribution in [0.2, 0.25) is 0 Å². The Kier molecular flexibility index (Phi) is 3.22. The number of hydrogen-bond acceptors (Lipinski definition) is 5. The highest BCUT2D eigenvalue weighted by molar-refractivity contribution is 7.13. The molecule has 0 radical (unpaired) electrons. The molecule has 1 fully saturated rings. The third-order valence-electron chi connectivity index (χ3n) is 2.77. The maximum atomic E-state index is 5.34. The first-order valence-corrected chi connectivity index (χ1v) is 6.58. The van der Waals surface area contributed by atoms with Gasteiger partial charge in [0.05, 0.1) is 25.2 Å². The zero-order chi connectivity index (χ0) is 11.5. The molecule has 3 heterocycles. The Hall–Kier alpha value is -1.17. The molecule has 4 nitrogen and oxygen atoms in total. The number of furan rings is 1. The minimum Gasteiger partial charge on any atom is -0.462 e. The first kappa shape index (κ1) is 11.0. The Labute approximate surface area is 104 Å². The lowest BCUT2D eigenvalue weighted by molar-refractivity contribution is 0.0337. The molecule has 1 aliphatic rings. The maximum Gasteiger partial charge on any atom is 0.162 e. The van der Waals surface area contributed by atoms with Crippen LogP contribution in [0.5, 0.6) is 0 Å². The highest BCUT2D eigenvalue weighted by atomic mass is 32.1. The SMILES string of the molecule is c1coc(-c2nc(CN3CCOCC3)cs2)c1. The number of ether oxygens (including phenoxy) is 1. The molecule has 0 N–H and O–H groups in total. The highest BCUT2D eigenvalue weighted by Gasteiger charge is 2.13. The molecule has 0 spiro atoms. The molecule has 90 valence electrons. The van der Waals surface area contributed by atoms with Crippen molar-refractivity contribution in [3.8, 4) is 10.8 Å². The first-order valence-electron chi connectivity index (χ1n) is 5.70. The predicted octanol–water partition coefficient (Wildman–Crippen LogP) is 2.24. The summed E-state index contributed by atoms with van der Waals surface area (Å²) in [4.78, 5) is 6.95. The molecular formula is C12H14N2O2S. The molecule has 1 aliphatic heterocycles. The third kappa shape index (κ3) is 2.57. The molecule has 2 aromatic rings. The lowest BCUT2D eigenvalue weighted by Gasteiger charge is -2.25. The number of thiazole rings is 1. The summed E-state index contributed by atoms with van der Waals surface area (Å²) in [6.45, 7) is 4.55. The molecule has 17 heavy (non-hydrogen) atoms. The normalized spacial score (nSPS) is 17.4. The quantitative estimate of drug-likeness (QED) is 0.837. The monoisotopic (exact) mass is 250 g/mol. The number of rotatable bonds is 3. The van der Waals surface area contributed by atoms with Crippen molar-refractivity contribution < 1.29 is 9.15 Å². The van der Waals surface area contributed by atoms with Gasteiger partial charge in [-0.2, -0.15) is 0 Å². The summed E-state index contributed by atoms with van der Waals surface area (Å²) in [6.07, 6.45) is 1.68. The van der Waals surface area contributed by atoms with E-state index in [1.54, 1.807) is 17.6 Å². The van der Waals surface area contributed by atoms with Gasteiger partial charge in [0, 0.05) is 25.0 Å². The van der Waals surface area contributed by atoms with Crippen LogP contribution in [0.15, 0.2) is 28.2 Å². The topological polar surface area (TPSA) is 38.5 Å². The summed E-state index contributed by atoms with van der Waals surface area (Å²) in [5, 5.41) is 3.06. The van der Waals surface area contributed by atoms with E-state index in [4.69, 9.17) is 9.15 Å². The molecule has 0 bridgehead atoms.